The lowest BCUT2D eigenvalue weighted by Gasteiger charge is -2.46. The third-order valence-electron chi connectivity index (χ3n) is 11.6. The summed E-state index contributed by atoms with van der Waals surface area (Å²) >= 11 is 0. The summed E-state index contributed by atoms with van der Waals surface area (Å²) in [6.45, 7) is 4.35. The van der Waals surface area contributed by atoms with E-state index in [0.717, 1.165) is 58.0 Å². The van der Waals surface area contributed by atoms with Crippen LogP contribution >= 0.6 is 0 Å². The second-order valence-electron chi connectivity index (χ2n) is 14.9. The number of anilines is 1. The summed E-state index contributed by atoms with van der Waals surface area (Å²) in [5.41, 5.74) is -0.200. The van der Waals surface area contributed by atoms with Gasteiger partial charge in [-0.05, 0) is 81.1 Å². The van der Waals surface area contributed by atoms with E-state index in [-0.39, 0.29) is 68.7 Å². The molecule has 4 aromatic rings. The molecule has 3 aliphatic heterocycles. The molecule has 13 heteroatoms. The molecule has 276 valence electrons. The van der Waals surface area contributed by atoms with Crippen molar-refractivity contribution in [1.29, 1.82) is 0 Å². The number of carbonyl (C=O) groups is 2. The molecule has 0 spiro atoms. The fraction of sp³-hybridized carbons (Fsp3) is 0.475. The summed E-state index contributed by atoms with van der Waals surface area (Å²) in [5, 5.41) is 14.1. The first-order chi connectivity index (χ1) is 25.7. The van der Waals surface area contributed by atoms with E-state index in [0.29, 0.717) is 62.3 Å². The van der Waals surface area contributed by atoms with Gasteiger partial charge in [-0.1, -0.05) is 18.4 Å². The number of likely N-dealkylation sites (tertiary alicyclic amines) is 1. The maximum Gasteiger partial charge on any atom is 0.319 e. The van der Waals surface area contributed by atoms with E-state index < -0.39 is 11.6 Å². The maximum absolute atomic E-state index is 17.0. The Labute approximate surface area is 306 Å². The number of fused-ring (bicyclic) bond motifs is 3. The van der Waals surface area contributed by atoms with Crippen molar-refractivity contribution < 1.29 is 33.0 Å². The molecule has 2 amide bonds. The first-order valence-electron chi connectivity index (χ1n) is 18.5. The molecule has 2 N–H and O–H groups in total. The van der Waals surface area contributed by atoms with Crippen LogP contribution in [0.2, 0.25) is 0 Å². The molecule has 2 unspecified atom stereocenters. The summed E-state index contributed by atoms with van der Waals surface area (Å²) in [6, 6.07) is 5.80. The second-order valence-corrected chi connectivity index (χ2v) is 14.9. The number of benzene rings is 2. The van der Waals surface area contributed by atoms with Crippen LogP contribution in [-0.4, -0.2) is 88.8 Å². The number of carbonyl (C=O) groups excluding carboxylic acids is 2. The fourth-order valence-corrected chi connectivity index (χ4v) is 9.12. The topological polar surface area (TPSA) is 130 Å². The minimum Gasteiger partial charge on any atom is -0.508 e. The fourth-order valence-electron chi connectivity index (χ4n) is 9.12. The van der Waals surface area contributed by atoms with Gasteiger partial charge in [-0.25, -0.2) is 8.78 Å². The predicted octanol–water partition coefficient (Wildman–Crippen LogP) is 5.49. The van der Waals surface area contributed by atoms with E-state index in [9.17, 15) is 19.1 Å². The Bertz CT molecular complexity index is 2120. The van der Waals surface area contributed by atoms with Crippen molar-refractivity contribution in [2.75, 3.05) is 50.9 Å². The lowest BCUT2D eigenvalue weighted by Crippen LogP contribution is -2.52. The van der Waals surface area contributed by atoms with Gasteiger partial charge in [-0.2, -0.15) is 9.97 Å². The minimum atomic E-state index is -0.767. The van der Waals surface area contributed by atoms with E-state index in [1.54, 1.807) is 0 Å². The number of pyridine rings is 1. The van der Waals surface area contributed by atoms with Crippen LogP contribution < -0.4 is 15.0 Å². The molecule has 53 heavy (non-hydrogen) atoms. The van der Waals surface area contributed by atoms with Crippen LogP contribution in [0.25, 0.3) is 32.9 Å². The lowest BCUT2D eigenvalue weighted by molar-refractivity contribution is -0.135. The smallest absolute Gasteiger partial charge is 0.319 e. The number of phenolic OH excluding ortho intramolecular Hbond substituents is 1. The van der Waals surface area contributed by atoms with Crippen LogP contribution in [-0.2, 0) is 14.3 Å². The number of ether oxygens (including phenoxy) is 2. The number of nitrogens with one attached hydrogen (secondary N) is 1. The van der Waals surface area contributed by atoms with Crippen LogP contribution in [0.15, 0.2) is 30.5 Å². The van der Waals surface area contributed by atoms with Gasteiger partial charge < -0.3 is 19.5 Å². The van der Waals surface area contributed by atoms with Gasteiger partial charge in [0.05, 0.1) is 24.2 Å². The Kier molecular flexibility index (Phi) is 9.59. The van der Waals surface area contributed by atoms with Crippen molar-refractivity contribution >= 4 is 39.3 Å². The summed E-state index contributed by atoms with van der Waals surface area (Å²) in [4.78, 5) is 42.6. The summed E-state index contributed by atoms with van der Waals surface area (Å²) < 4.78 is 44.1. The lowest BCUT2D eigenvalue weighted by atomic mass is 9.75. The van der Waals surface area contributed by atoms with E-state index in [1.165, 1.54) is 30.5 Å². The molecule has 4 fully saturated rings. The van der Waals surface area contributed by atoms with E-state index in [4.69, 9.17) is 20.9 Å². The molecule has 2 atom stereocenters. The zero-order chi connectivity index (χ0) is 36.7. The Hall–Kier alpha value is -4.93. The second kappa shape index (κ2) is 14.5. The van der Waals surface area contributed by atoms with Gasteiger partial charge in [0, 0.05) is 61.1 Å². The Morgan fingerprint density at radius 2 is 1.89 bits per heavy atom. The third-order valence-corrected chi connectivity index (χ3v) is 11.6. The highest BCUT2D eigenvalue weighted by atomic mass is 19.1. The maximum atomic E-state index is 17.0. The summed E-state index contributed by atoms with van der Waals surface area (Å²) in [6.07, 6.45) is 14.5. The van der Waals surface area contributed by atoms with E-state index in [1.807, 2.05) is 4.90 Å². The molecule has 0 radical (unpaired) electrons. The van der Waals surface area contributed by atoms with Crippen LogP contribution in [0.5, 0.6) is 11.8 Å². The van der Waals surface area contributed by atoms with Crippen molar-refractivity contribution in [3.05, 3.63) is 47.7 Å². The Morgan fingerprint density at radius 1 is 1.06 bits per heavy atom. The average molecular weight is 725 g/mol. The van der Waals surface area contributed by atoms with Crippen molar-refractivity contribution in [1.82, 2.24) is 25.2 Å². The summed E-state index contributed by atoms with van der Waals surface area (Å²) in [5.74, 6) is 0.967. The number of halogens is 2. The number of piperidine rings is 2. The van der Waals surface area contributed by atoms with Gasteiger partial charge in [-0.15, -0.1) is 6.42 Å². The summed E-state index contributed by atoms with van der Waals surface area (Å²) in [7, 11) is 0. The molecular weight excluding hydrogens is 682 g/mol. The highest BCUT2D eigenvalue weighted by molar-refractivity contribution is 6.03. The highest BCUT2D eigenvalue weighted by Crippen LogP contribution is 2.48. The first kappa shape index (κ1) is 35.1. The number of hydrogen-bond acceptors (Lipinski definition) is 10. The van der Waals surface area contributed by atoms with Crippen molar-refractivity contribution in [3.8, 4) is 35.4 Å². The number of amides is 2. The molecule has 5 heterocycles. The Morgan fingerprint density at radius 3 is 2.72 bits per heavy atom. The zero-order valence-corrected chi connectivity index (χ0v) is 29.5. The number of rotatable bonds is 8. The number of phenols is 1. The van der Waals surface area contributed by atoms with Crippen LogP contribution in [0, 0.1) is 35.3 Å². The van der Waals surface area contributed by atoms with Crippen LogP contribution in [0.3, 0.4) is 0 Å². The molecule has 3 saturated heterocycles. The average Bonchev–Trinajstić information content (AvgIpc) is 3.39. The number of aromatic nitrogens is 3. The molecular formula is C40H42F2N6O5. The van der Waals surface area contributed by atoms with Gasteiger partial charge in [0.2, 0.25) is 11.8 Å². The van der Waals surface area contributed by atoms with E-state index in [2.05, 4.69) is 26.1 Å². The van der Waals surface area contributed by atoms with E-state index >= 15 is 4.39 Å². The van der Waals surface area contributed by atoms with Gasteiger partial charge in [0.1, 0.15) is 28.6 Å². The molecule has 2 aromatic carbocycles. The van der Waals surface area contributed by atoms with Crippen LogP contribution in [0.4, 0.5) is 14.6 Å². The van der Waals surface area contributed by atoms with Gasteiger partial charge in [0.25, 0.3) is 0 Å². The quantitative estimate of drug-likeness (QED) is 0.178. The van der Waals surface area contributed by atoms with Gasteiger partial charge in [0.15, 0.2) is 5.82 Å². The van der Waals surface area contributed by atoms with Crippen molar-refractivity contribution in [3.63, 3.8) is 0 Å². The minimum absolute atomic E-state index is 0.00729. The van der Waals surface area contributed by atoms with Gasteiger partial charge in [-0.3, -0.25) is 24.8 Å². The van der Waals surface area contributed by atoms with Crippen molar-refractivity contribution in [2.45, 2.75) is 63.8 Å². The third kappa shape index (κ3) is 6.74. The number of terminal acetylenes is 1. The predicted molar refractivity (Wildman–Crippen MR) is 194 cm³/mol. The first-order valence-corrected chi connectivity index (χ1v) is 18.5. The molecule has 2 aromatic heterocycles. The SMILES string of the molecule is C#Cc1c(F)ccc2cc(O)cc(-c3ncc4c(N5CCCOCC5)nc(OCC56CCCC5N(CCC5CC(=O)NC(=O)C5)CCC6)nc4c3F)c12. The molecule has 0 bridgehead atoms. The number of nitrogens with zero attached hydrogens (tertiary/aromatic N) is 5. The highest BCUT2D eigenvalue weighted by Gasteiger charge is 2.48. The monoisotopic (exact) mass is 724 g/mol. The molecule has 11 nitrogen and oxygen atoms in total. The standard InChI is InChI=1S/C40H42F2N6O5/c1-2-27-30(41)8-7-25-20-26(49)21-28(34(25)27)36-35(42)37-29(22-43-36)38(48-13-5-16-52-17-15-48)46-39(45-37)53-23-40-10-3-6-31(40)47(12-4-11-40)14-9-24-18-32(50)44-33(51)19-24/h1,7-8,20-22,24,31,49H,3-6,9-19,23H2,(H,44,50,51). The molecule has 4 aliphatic rings. The molecule has 8 rings (SSSR count). The largest absolute Gasteiger partial charge is 0.508 e. The molecule has 1 aliphatic carbocycles. The zero-order valence-electron chi connectivity index (χ0n) is 29.5. The number of hydrogen-bond donors (Lipinski definition) is 2. The van der Waals surface area contributed by atoms with Crippen molar-refractivity contribution in [2.24, 2.45) is 11.3 Å². The Balaban J connectivity index is 1.14. The van der Waals surface area contributed by atoms with Gasteiger partial charge >= 0.3 is 6.01 Å². The number of aromatic hydroxyl groups is 1. The number of imide groups is 1. The normalized spacial score (nSPS) is 22.8. The van der Waals surface area contributed by atoms with Crippen LogP contribution in [0.1, 0.15) is 63.4 Å². The molecule has 1 saturated carbocycles.